The number of aromatic amines is 4. The number of H-pyrrole nitrogens is 4. The van der Waals surface area contributed by atoms with Crippen molar-refractivity contribution in [1.82, 2.24) is 39.9 Å². The van der Waals surface area contributed by atoms with E-state index in [1.54, 1.807) is 24.3 Å². The van der Waals surface area contributed by atoms with Crippen molar-refractivity contribution in [2.75, 3.05) is 5.73 Å². The van der Waals surface area contributed by atoms with Crippen molar-refractivity contribution in [3.8, 4) is 45.0 Å². The van der Waals surface area contributed by atoms with Crippen molar-refractivity contribution in [3.63, 3.8) is 0 Å². The van der Waals surface area contributed by atoms with Crippen molar-refractivity contribution < 1.29 is 71.3 Å². The van der Waals surface area contributed by atoms with Gasteiger partial charge in [0.1, 0.15) is 74.7 Å². The lowest BCUT2D eigenvalue weighted by atomic mass is 9.90. The van der Waals surface area contributed by atoms with E-state index in [-0.39, 0.29) is 41.3 Å². The van der Waals surface area contributed by atoms with Crippen LogP contribution in [0.3, 0.4) is 0 Å². The number of halogens is 1. The highest BCUT2D eigenvalue weighted by molar-refractivity contribution is 7.73. The van der Waals surface area contributed by atoms with Crippen LogP contribution in [0.2, 0.25) is 0 Å². The number of hydrogen-bond donors (Lipinski definition) is 7. The largest absolute Gasteiger partial charge is 0.750 e. The number of hydrogen-bond acceptors (Lipinski definition) is 19. The van der Waals surface area contributed by atoms with Crippen LogP contribution in [0.4, 0.5) is 15.8 Å². The fourth-order valence-corrected chi connectivity index (χ4v) is 8.53. The molecular formula is C53H45FN11O16S-. The average molecular weight is 1140 g/mol. The molecule has 12 rings (SSSR count). The van der Waals surface area contributed by atoms with Gasteiger partial charge in [-0.15, -0.1) is 10.1 Å². The lowest BCUT2D eigenvalue weighted by molar-refractivity contribution is -0.742. The minimum absolute atomic E-state index is 0. The number of carbonyl (C=O) groups excluding carboxylic acids is 8. The maximum absolute atomic E-state index is 13.2. The molecule has 422 valence electrons. The number of anilines is 1. The molecule has 4 aromatic heterocycles. The van der Waals surface area contributed by atoms with Gasteiger partial charge in [0.05, 0.1) is 16.3 Å². The molecule has 27 nitrogen and oxygen atoms in total. The van der Waals surface area contributed by atoms with Crippen molar-refractivity contribution in [3.05, 3.63) is 173 Å². The van der Waals surface area contributed by atoms with E-state index in [4.69, 9.17) is 34.4 Å². The molecule has 1 atom stereocenters. The van der Waals surface area contributed by atoms with E-state index in [0.717, 1.165) is 23.5 Å². The van der Waals surface area contributed by atoms with E-state index >= 15 is 0 Å². The van der Waals surface area contributed by atoms with Gasteiger partial charge in [-0.3, -0.25) is 48.5 Å². The van der Waals surface area contributed by atoms with Gasteiger partial charge in [-0.25, -0.2) is 28.5 Å². The fourth-order valence-electron chi connectivity index (χ4n) is 8.53. The van der Waals surface area contributed by atoms with Gasteiger partial charge in [-0.2, -0.15) is 0 Å². The smallest absolute Gasteiger partial charge is 0.291 e. The Labute approximate surface area is 463 Å². The number of aryl methyl sites for hydroxylation is 4. The molecular weight excluding hydrogens is 1100 g/mol. The summed E-state index contributed by atoms with van der Waals surface area (Å²) in [7, 11) is 0. The quantitative estimate of drug-likeness (QED) is 0.0291. The minimum atomic E-state index is -2.86. The summed E-state index contributed by atoms with van der Waals surface area (Å²) in [6.45, 7) is 7.64. The zero-order valence-corrected chi connectivity index (χ0v) is 43.3. The molecule has 4 aromatic carbocycles. The number of ketones is 8. The Kier molecular flexibility index (Phi) is 18.6. The second kappa shape index (κ2) is 25.1. The molecule has 0 saturated carbocycles. The zero-order chi connectivity index (χ0) is 59.3. The molecule has 0 aliphatic heterocycles. The van der Waals surface area contributed by atoms with Gasteiger partial charge in [-0.05, 0) is 42.5 Å². The summed E-state index contributed by atoms with van der Waals surface area (Å²) in [4.78, 5) is 143. The molecule has 0 spiro atoms. The van der Waals surface area contributed by atoms with Crippen LogP contribution < -0.4 is 5.73 Å². The van der Waals surface area contributed by atoms with Crippen LogP contribution in [0, 0.1) is 26.0 Å². The molecule has 29 heteroatoms. The minimum Gasteiger partial charge on any atom is -0.750 e. The van der Waals surface area contributed by atoms with E-state index in [2.05, 4.69) is 39.9 Å². The van der Waals surface area contributed by atoms with Crippen molar-refractivity contribution >= 4 is 69.0 Å². The predicted octanol–water partition coefficient (Wildman–Crippen LogP) is 7.33. The SMILES string of the molecule is C.CCc1nc2c([nH]1)C(=O)C(=O)c1cc(F)ccc1-2.CCc1nc2c([nH]1)C(=O)C(=O)c1cc(N)ccc1-2.CCc1nc2c([nH]1)C(=O)C(=O)c1cc([N+](=O)[O-])ccc1-2.CCc1nc2c([nH]1)C(=O)C(=O)c1ccccc1-2.O=S([O-])O.O=[N+]([O-])O. The van der Waals surface area contributed by atoms with Gasteiger partial charge >= 0.3 is 0 Å². The van der Waals surface area contributed by atoms with Gasteiger partial charge in [0.15, 0.2) is 0 Å². The Bertz CT molecular complexity index is 3870. The van der Waals surface area contributed by atoms with Crippen molar-refractivity contribution in [1.29, 1.82) is 0 Å². The summed E-state index contributed by atoms with van der Waals surface area (Å²) >= 11 is -2.86. The number of rotatable bonds is 5. The first kappa shape index (κ1) is 60.7. The molecule has 0 bridgehead atoms. The van der Waals surface area contributed by atoms with Gasteiger partial charge in [-0.1, -0.05) is 59.4 Å². The van der Waals surface area contributed by atoms with E-state index in [1.165, 1.54) is 30.3 Å². The molecule has 4 heterocycles. The fraction of sp³-hybridized carbons (Fsp3) is 0.170. The number of nitrogens with zero attached hydrogens (tertiary/aromatic N) is 6. The highest BCUT2D eigenvalue weighted by Gasteiger charge is 2.37. The van der Waals surface area contributed by atoms with Crippen LogP contribution in [0.15, 0.2) is 78.9 Å². The first-order chi connectivity index (χ1) is 38.4. The Morgan fingerprint density at radius 1 is 0.500 bits per heavy atom. The summed E-state index contributed by atoms with van der Waals surface area (Å²) < 4.78 is 37.2. The molecule has 0 amide bonds. The molecule has 8 aromatic rings. The average Bonchev–Trinajstić information content (AvgIpc) is 3.56. The molecule has 0 radical (unpaired) electrons. The van der Waals surface area contributed by atoms with Gasteiger partial charge < -0.3 is 40.0 Å². The third kappa shape index (κ3) is 12.2. The van der Waals surface area contributed by atoms with E-state index in [9.17, 15) is 52.9 Å². The number of nitrogens with one attached hydrogen (secondary N) is 4. The monoisotopic (exact) mass is 1140 g/mol. The first-order valence-electron chi connectivity index (χ1n) is 23.9. The van der Waals surface area contributed by atoms with Crippen molar-refractivity contribution in [2.45, 2.75) is 60.8 Å². The van der Waals surface area contributed by atoms with Gasteiger partial charge in [0.25, 0.3) is 33.9 Å². The predicted molar refractivity (Wildman–Crippen MR) is 286 cm³/mol. The number of nitro benzene ring substituents is 1. The van der Waals surface area contributed by atoms with E-state index < -0.39 is 73.5 Å². The third-order valence-electron chi connectivity index (χ3n) is 12.2. The summed E-state index contributed by atoms with van der Waals surface area (Å²) in [6.07, 6.45) is 2.61. The van der Waals surface area contributed by atoms with Crippen LogP contribution in [0.1, 0.15) is 142 Å². The number of imidazole rings is 4. The summed E-state index contributed by atoms with van der Waals surface area (Å²) in [5.41, 5.74) is 12.1. The number of fused-ring (bicyclic) bond motifs is 12. The number of carbonyl (C=O) groups is 8. The zero-order valence-electron chi connectivity index (χ0n) is 42.5. The van der Waals surface area contributed by atoms with Crippen LogP contribution in [0.5, 0.6) is 0 Å². The van der Waals surface area contributed by atoms with Crippen LogP contribution in [-0.4, -0.2) is 115 Å². The van der Waals surface area contributed by atoms with Gasteiger partial charge in [0, 0.05) is 88.0 Å². The third-order valence-corrected chi connectivity index (χ3v) is 12.2. The molecule has 4 aliphatic carbocycles. The molecule has 0 fully saturated rings. The topological polar surface area (TPSA) is 444 Å². The van der Waals surface area contributed by atoms with Crippen LogP contribution in [-0.2, 0) is 37.0 Å². The number of aromatic nitrogens is 8. The lowest BCUT2D eigenvalue weighted by Crippen LogP contribution is -2.21. The number of non-ortho nitro benzene ring substituents is 1. The number of nitrogens with two attached hydrogens (primary N) is 1. The van der Waals surface area contributed by atoms with Crippen LogP contribution >= 0.6 is 0 Å². The molecule has 4 aliphatic rings. The summed E-state index contributed by atoms with van der Waals surface area (Å²) in [5.74, 6) is -2.71. The van der Waals surface area contributed by atoms with E-state index in [0.29, 0.717) is 105 Å². The Balaban J connectivity index is 0.000000168. The second-order valence-electron chi connectivity index (χ2n) is 17.2. The maximum Gasteiger partial charge on any atom is 0.291 e. The number of nitrogen functional groups attached to an aromatic ring is 1. The molecule has 0 saturated heterocycles. The van der Waals surface area contributed by atoms with Crippen LogP contribution in [0.25, 0.3) is 45.0 Å². The number of benzene rings is 4. The first-order valence-corrected chi connectivity index (χ1v) is 24.9. The standard InChI is InChI=1S/C13H9FN2O2.C13H9N3O4.C13H11N3O2.C13H10N2O2.CH4.HNO3.H2O3S/c1-2-9-15-10-7-4-3-6(14)5-8(7)12(17)13(18)11(10)16-9;1-2-9-14-10-7-4-3-6(16(19)20)5-8(7)12(17)13(18)11(10)15-9;1-2-9-15-10-7-4-3-6(14)5-8(7)12(17)13(18)11(10)16-9;1-2-9-14-10-7-5-3-4-6-8(7)12(16)13(17)11(10)15-9;;2-1(3)4;1-4(2)3/h3-5H,2H2,1H3,(H,15,16);3-5H,2H2,1H3,(H,14,15);3-5H,2,14H2,1H3,(H,15,16);3-6H,2H2,1H3,(H,14,15);1H4;(H,2,3,4);(H2,1,2,3)/p-1. The highest BCUT2D eigenvalue weighted by atomic mass is 32.2. The Hall–Kier alpha value is -10.5. The summed E-state index contributed by atoms with van der Waals surface area (Å²) in [5, 5.41) is 24.4. The Morgan fingerprint density at radius 3 is 1.15 bits per heavy atom. The number of nitro groups is 1. The number of Topliss-reactive ketones (excluding diaryl/α,β-unsaturated/α-hetero) is 8. The molecule has 1 unspecified atom stereocenters. The Morgan fingerprint density at radius 2 is 0.793 bits per heavy atom. The maximum atomic E-state index is 13.2. The van der Waals surface area contributed by atoms with E-state index in [1.807, 2.05) is 39.8 Å². The molecule has 82 heavy (non-hydrogen) atoms. The highest BCUT2D eigenvalue weighted by Crippen LogP contribution is 2.37. The molecule has 8 N–H and O–H groups in total. The normalized spacial score (nSPS) is 12.9. The van der Waals surface area contributed by atoms with Crippen molar-refractivity contribution in [2.24, 2.45) is 0 Å². The lowest BCUT2D eigenvalue weighted by Gasteiger charge is -2.13. The summed E-state index contributed by atoms with van der Waals surface area (Å²) in [6, 6.07) is 19.7. The second-order valence-corrected chi connectivity index (χ2v) is 17.6. The van der Waals surface area contributed by atoms with Gasteiger partial charge in [0.2, 0.25) is 23.1 Å².